The largest absolute Gasteiger partial charge is 0.369 e. The highest BCUT2D eigenvalue weighted by molar-refractivity contribution is 6.33. The third-order valence-electron chi connectivity index (χ3n) is 3.84. The molecule has 1 fully saturated rings. The van der Waals surface area contributed by atoms with Crippen molar-refractivity contribution >= 4 is 34.9 Å². The molecular formula is C12H12Cl2N4O. The number of allylic oxidation sites excluding steroid dienone is 1. The Morgan fingerprint density at radius 1 is 1.53 bits per heavy atom. The van der Waals surface area contributed by atoms with Gasteiger partial charge in [-0.25, -0.2) is 4.98 Å². The molecule has 19 heavy (non-hydrogen) atoms. The molecule has 3 atom stereocenters. The van der Waals surface area contributed by atoms with Gasteiger partial charge in [-0.15, -0.1) is 0 Å². The van der Waals surface area contributed by atoms with Crippen LogP contribution >= 0.6 is 23.2 Å². The molecule has 1 aromatic heterocycles. The van der Waals surface area contributed by atoms with E-state index in [1.54, 1.807) is 0 Å². The van der Waals surface area contributed by atoms with Gasteiger partial charge in [0.2, 0.25) is 11.2 Å². The van der Waals surface area contributed by atoms with Crippen LogP contribution in [-0.4, -0.2) is 21.4 Å². The molecule has 2 aliphatic rings. The van der Waals surface area contributed by atoms with Gasteiger partial charge in [-0.1, -0.05) is 23.8 Å². The maximum Gasteiger partial charge on any atom is 0.224 e. The summed E-state index contributed by atoms with van der Waals surface area (Å²) in [5.41, 5.74) is 4.98. The van der Waals surface area contributed by atoms with Crippen LogP contribution in [0.15, 0.2) is 18.3 Å². The molecule has 3 unspecified atom stereocenters. The van der Waals surface area contributed by atoms with Crippen molar-refractivity contribution in [1.82, 2.24) is 9.97 Å². The Morgan fingerprint density at radius 3 is 3.00 bits per heavy atom. The molecular weight excluding hydrogens is 287 g/mol. The highest BCUT2D eigenvalue weighted by Gasteiger charge is 2.51. The van der Waals surface area contributed by atoms with E-state index in [9.17, 15) is 4.79 Å². The average molecular weight is 299 g/mol. The summed E-state index contributed by atoms with van der Waals surface area (Å²) in [6, 6.07) is 0. The van der Waals surface area contributed by atoms with Crippen molar-refractivity contribution in [1.29, 1.82) is 0 Å². The molecule has 3 N–H and O–H groups in total. The standard InChI is InChI=1S/C12H12Cl2N4O/c13-8-5-16-11(14)17-10(8)18-12-2-1-6(4-12)3-7(12)9(15)19/h1-2,5-7H,3-4H2,(H2,15,19)(H,16,17,18). The highest BCUT2D eigenvalue weighted by atomic mass is 35.5. The van der Waals surface area contributed by atoms with Crippen molar-refractivity contribution in [2.24, 2.45) is 17.6 Å². The molecule has 1 heterocycles. The summed E-state index contributed by atoms with van der Waals surface area (Å²) >= 11 is 11.8. The van der Waals surface area contributed by atoms with Gasteiger partial charge in [-0.3, -0.25) is 4.79 Å². The second-order valence-electron chi connectivity index (χ2n) is 5.01. The van der Waals surface area contributed by atoms with Gasteiger partial charge in [-0.05, 0) is 30.4 Å². The minimum absolute atomic E-state index is 0.107. The summed E-state index contributed by atoms with van der Waals surface area (Å²) in [4.78, 5) is 19.5. The monoisotopic (exact) mass is 298 g/mol. The van der Waals surface area contributed by atoms with E-state index >= 15 is 0 Å². The molecule has 3 rings (SSSR count). The maximum absolute atomic E-state index is 11.6. The van der Waals surface area contributed by atoms with Crippen molar-refractivity contribution in [2.75, 3.05) is 5.32 Å². The van der Waals surface area contributed by atoms with Crippen LogP contribution in [0.3, 0.4) is 0 Å². The average Bonchev–Trinajstić information content (AvgIpc) is 2.91. The number of aromatic nitrogens is 2. The molecule has 0 aliphatic heterocycles. The van der Waals surface area contributed by atoms with Gasteiger partial charge in [0.05, 0.1) is 17.7 Å². The van der Waals surface area contributed by atoms with E-state index in [4.69, 9.17) is 28.9 Å². The molecule has 0 aromatic carbocycles. The first-order valence-corrected chi connectivity index (χ1v) is 6.71. The van der Waals surface area contributed by atoms with E-state index in [2.05, 4.69) is 21.4 Å². The van der Waals surface area contributed by atoms with Crippen LogP contribution in [0.5, 0.6) is 0 Å². The molecule has 1 amide bonds. The van der Waals surface area contributed by atoms with Crippen molar-refractivity contribution in [2.45, 2.75) is 18.4 Å². The zero-order valence-electron chi connectivity index (χ0n) is 9.94. The zero-order chi connectivity index (χ0) is 13.6. The summed E-state index contributed by atoms with van der Waals surface area (Å²) in [6.45, 7) is 0. The first-order chi connectivity index (χ1) is 9.00. The number of nitrogens with one attached hydrogen (secondary N) is 1. The summed E-state index contributed by atoms with van der Waals surface area (Å²) in [5.74, 6) is 0.240. The van der Waals surface area contributed by atoms with Crippen molar-refractivity contribution < 1.29 is 4.79 Å². The number of primary amides is 1. The number of nitrogens with two attached hydrogens (primary N) is 1. The number of fused-ring (bicyclic) bond motifs is 2. The van der Waals surface area contributed by atoms with E-state index in [1.807, 2.05) is 6.08 Å². The third kappa shape index (κ3) is 2.07. The lowest BCUT2D eigenvalue weighted by Crippen LogP contribution is -2.46. The van der Waals surface area contributed by atoms with Crippen LogP contribution in [0.4, 0.5) is 5.82 Å². The number of hydrogen-bond donors (Lipinski definition) is 2. The smallest absolute Gasteiger partial charge is 0.224 e. The molecule has 2 bridgehead atoms. The Morgan fingerprint density at radius 2 is 2.32 bits per heavy atom. The van der Waals surface area contributed by atoms with Gasteiger partial charge in [0, 0.05) is 0 Å². The Balaban J connectivity index is 1.95. The highest BCUT2D eigenvalue weighted by Crippen LogP contribution is 2.48. The summed E-state index contributed by atoms with van der Waals surface area (Å²) in [7, 11) is 0. The molecule has 100 valence electrons. The Kier molecular flexibility index (Phi) is 2.91. The number of rotatable bonds is 3. The normalized spacial score (nSPS) is 31.7. The third-order valence-corrected chi connectivity index (χ3v) is 4.29. The fourth-order valence-corrected chi connectivity index (χ4v) is 3.29. The summed E-state index contributed by atoms with van der Waals surface area (Å²) < 4.78 is 0. The topological polar surface area (TPSA) is 80.9 Å². The van der Waals surface area contributed by atoms with Crippen LogP contribution in [-0.2, 0) is 4.79 Å². The fourth-order valence-electron chi connectivity index (χ4n) is 3.01. The summed E-state index contributed by atoms with van der Waals surface area (Å²) in [6.07, 6.45) is 7.10. The quantitative estimate of drug-likeness (QED) is 0.661. The Labute approximate surface area is 120 Å². The number of nitrogens with zero attached hydrogens (tertiary/aromatic N) is 2. The van der Waals surface area contributed by atoms with Gasteiger partial charge in [0.1, 0.15) is 5.02 Å². The van der Waals surface area contributed by atoms with Gasteiger partial charge < -0.3 is 11.1 Å². The predicted octanol–water partition coefficient (Wildman–Crippen LogP) is 2.02. The zero-order valence-corrected chi connectivity index (χ0v) is 11.4. The van der Waals surface area contributed by atoms with Crippen LogP contribution in [0, 0.1) is 11.8 Å². The second kappa shape index (κ2) is 4.35. The van der Waals surface area contributed by atoms with E-state index in [0.717, 1.165) is 12.8 Å². The van der Waals surface area contributed by atoms with Crippen LogP contribution in [0.1, 0.15) is 12.8 Å². The number of carbonyl (C=O) groups excluding carboxylic acids is 1. The van der Waals surface area contributed by atoms with Crippen LogP contribution in [0.25, 0.3) is 0 Å². The number of anilines is 1. The minimum atomic E-state index is -0.502. The number of amides is 1. The SMILES string of the molecule is NC(=O)C1CC2C=CC1(Nc1nc(Cl)ncc1Cl)C2. The molecule has 0 radical (unpaired) electrons. The van der Waals surface area contributed by atoms with Crippen LogP contribution < -0.4 is 11.1 Å². The van der Waals surface area contributed by atoms with E-state index in [-0.39, 0.29) is 17.1 Å². The van der Waals surface area contributed by atoms with Crippen molar-refractivity contribution in [3.05, 3.63) is 28.7 Å². The lowest BCUT2D eigenvalue weighted by Gasteiger charge is -2.32. The number of halogens is 2. The van der Waals surface area contributed by atoms with Crippen molar-refractivity contribution in [3.63, 3.8) is 0 Å². The second-order valence-corrected chi connectivity index (χ2v) is 5.76. The predicted molar refractivity (Wildman–Crippen MR) is 73.0 cm³/mol. The van der Waals surface area contributed by atoms with Crippen molar-refractivity contribution in [3.8, 4) is 0 Å². The van der Waals surface area contributed by atoms with E-state index < -0.39 is 5.54 Å². The number of carbonyl (C=O) groups is 1. The Hall–Kier alpha value is -1.33. The molecule has 7 heteroatoms. The molecule has 0 saturated heterocycles. The Bertz CT molecular complexity index is 577. The van der Waals surface area contributed by atoms with Gasteiger partial charge >= 0.3 is 0 Å². The molecule has 2 aliphatic carbocycles. The maximum atomic E-state index is 11.6. The lowest BCUT2D eigenvalue weighted by molar-refractivity contribution is -0.122. The first-order valence-electron chi connectivity index (χ1n) is 5.95. The lowest BCUT2D eigenvalue weighted by atomic mass is 9.85. The van der Waals surface area contributed by atoms with Gasteiger partial charge in [-0.2, -0.15) is 4.98 Å². The van der Waals surface area contributed by atoms with Gasteiger partial charge in [0.15, 0.2) is 5.82 Å². The fraction of sp³-hybridized carbons (Fsp3) is 0.417. The first kappa shape index (κ1) is 12.7. The molecule has 1 aromatic rings. The number of hydrogen-bond acceptors (Lipinski definition) is 4. The molecule has 1 saturated carbocycles. The minimum Gasteiger partial charge on any atom is -0.369 e. The van der Waals surface area contributed by atoms with Gasteiger partial charge in [0.25, 0.3) is 0 Å². The molecule has 5 nitrogen and oxygen atoms in total. The van der Waals surface area contributed by atoms with E-state index in [0.29, 0.717) is 16.8 Å². The van der Waals surface area contributed by atoms with Crippen LogP contribution in [0.2, 0.25) is 10.3 Å². The van der Waals surface area contributed by atoms with E-state index in [1.165, 1.54) is 6.20 Å². The molecule has 0 spiro atoms. The summed E-state index contributed by atoms with van der Waals surface area (Å²) in [5, 5.41) is 3.70.